The molecule has 36 heavy (non-hydrogen) atoms. The summed E-state index contributed by atoms with van der Waals surface area (Å²) in [6.45, 7) is 1.81. The zero-order valence-electron chi connectivity index (χ0n) is 20.6. The highest BCUT2D eigenvalue weighted by molar-refractivity contribution is 7.99. The van der Waals surface area contributed by atoms with E-state index in [1.807, 2.05) is 79.7 Å². The van der Waals surface area contributed by atoms with Crippen molar-refractivity contribution in [2.24, 2.45) is 5.92 Å². The molecule has 0 aromatic heterocycles. The molecule has 1 N–H and O–H groups in total. The third-order valence-corrected chi connectivity index (χ3v) is 12.0. The largest absolute Gasteiger partial charge is 0.496 e. The van der Waals surface area contributed by atoms with E-state index < -0.39 is 28.4 Å². The van der Waals surface area contributed by atoms with Gasteiger partial charge in [0.25, 0.3) is 10.1 Å². The van der Waals surface area contributed by atoms with Gasteiger partial charge in [-0.15, -0.1) is 0 Å². The van der Waals surface area contributed by atoms with Gasteiger partial charge in [-0.1, -0.05) is 79.8 Å². The highest BCUT2D eigenvalue weighted by Crippen LogP contribution is 2.60. The number of ether oxygens (including phenoxy) is 3. The normalized spacial score (nSPS) is 20.1. The number of allylic oxidation sites excluding steroid dienone is 3. The van der Waals surface area contributed by atoms with Crippen molar-refractivity contribution in [2.45, 2.75) is 11.4 Å². The lowest BCUT2D eigenvalue weighted by Crippen LogP contribution is -2.46. The average molecular weight is 525 g/mol. The predicted octanol–water partition coefficient (Wildman–Crippen LogP) is 5.16. The summed E-state index contributed by atoms with van der Waals surface area (Å²) in [5, 5.41) is 1.44. The van der Waals surface area contributed by atoms with Gasteiger partial charge in [0.1, 0.15) is 21.7 Å². The third kappa shape index (κ3) is 4.32. The van der Waals surface area contributed by atoms with Gasteiger partial charge in [0.15, 0.2) is 0 Å². The van der Waals surface area contributed by atoms with E-state index in [9.17, 15) is 13.0 Å². The fraction of sp³-hybridized carbons (Fsp3) is 0.214. The maximum atomic E-state index is 13.4. The molecule has 6 nitrogen and oxygen atoms in total. The Labute approximate surface area is 213 Å². The Morgan fingerprint density at radius 2 is 1.33 bits per heavy atom. The van der Waals surface area contributed by atoms with Crippen LogP contribution in [0.4, 0.5) is 0 Å². The van der Waals surface area contributed by atoms with Crippen molar-refractivity contribution >= 4 is 28.6 Å². The first-order valence-electron chi connectivity index (χ1n) is 11.4. The van der Waals surface area contributed by atoms with Gasteiger partial charge in [0, 0.05) is 11.2 Å². The second kappa shape index (κ2) is 10.5. The molecule has 188 valence electrons. The van der Waals surface area contributed by atoms with Crippen molar-refractivity contribution in [3.8, 4) is 28.4 Å². The molecule has 8 heteroatoms. The summed E-state index contributed by atoms with van der Waals surface area (Å²) in [7, 11) is -1.69. The van der Waals surface area contributed by atoms with E-state index in [0.717, 1.165) is 10.9 Å². The average Bonchev–Trinajstić information content (AvgIpc) is 2.89. The fourth-order valence-electron chi connectivity index (χ4n) is 4.75. The Morgan fingerprint density at radius 1 is 0.778 bits per heavy atom. The van der Waals surface area contributed by atoms with Crippen LogP contribution in [0.1, 0.15) is 6.92 Å². The van der Waals surface area contributed by atoms with Crippen LogP contribution in [-0.2, 0) is 10.1 Å². The smallest absolute Gasteiger partial charge is 0.279 e. The minimum atomic E-state index is -4.61. The Bertz CT molecular complexity index is 1390. The monoisotopic (exact) mass is 524 g/mol. The van der Waals surface area contributed by atoms with Crippen LogP contribution in [0.3, 0.4) is 0 Å². The number of hydrogen-bond acceptors (Lipinski definition) is 5. The summed E-state index contributed by atoms with van der Waals surface area (Å²) in [4.78, 5) is 0. The quantitative estimate of drug-likeness (QED) is 0.324. The van der Waals surface area contributed by atoms with Crippen molar-refractivity contribution in [2.75, 3.05) is 21.3 Å². The number of para-hydroxylation sites is 1. The van der Waals surface area contributed by atoms with Crippen LogP contribution in [0.15, 0.2) is 91.0 Å². The van der Waals surface area contributed by atoms with Gasteiger partial charge < -0.3 is 14.2 Å². The Kier molecular flexibility index (Phi) is 7.55. The van der Waals surface area contributed by atoms with Crippen LogP contribution in [-0.4, -0.2) is 38.8 Å². The Balaban J connectivity index is 2.16. The van der Waals surface area contributed by atoms with Crippen LogP contribution in [0.25, 0.3) is 11.1 Å². The van der Waals surface area contributed by atoms with E-state index in [1.54, 1.807) is 39.6 Å². The molecule has 0 amide bonds. The van der Waals surface area contributed by atoms with E-state index in [2.05, 4.69) is 0 Å². The summed E-state index contributed by atoms with van der Waals surface area (Å²) >= 11 is 0. The minimum Gasteiger partial charge on any atom is -0.496 e. The first kappa shape index (κ1) is 26.0. The molecule has 3 aromatic rings. The summed E-state index contributed by atoms with van der Waals surface area (Å²) in [5.74, 6) is 1.19. The van der Waals surface area contributed by atoms with Gasteiger partial charge >= 0.3 is 0 Å². The van der Waals surface area contributed by atoms with Crippen molar-refractivity contribution in [3.63, 3.8) is 0 Å². The van der Waals surface area contributed by atoms with Crippen molar-refractivity contribution in [1.82, 2.24) is 0 Å². The molecule has 0 radical (unpaired) electrons. The molecule has 1 aliphatic rings. The maximum Gasteiger partial charge on any atom is 0.279 e. The summed E-state index contributed by atoms with van der Waals surface area (Å²) in [6.07, 6.45) is 6.91. The van der Waals surface area contributed by atoms with Crippen molar-refractivity contribution < 1.29 is 27.2 Å². The highest BCUT2D eigenvalue weighted by Gasteiger charge is 2.54. The van der Waals surface area contributed by atoms with E-state index in [1.165, 1.54) is 0 Å². The molecule has 0 saturated heterocycles. The van der Waals surface area contributed by atoms with Crippen molar-refractivity contribution in [3.05, 3.63) is 91.0 Å². The molecule has 3 atom stereocenters. The molecule has 0 saturated carbocycles. The summed E-state index contributed by atoms with van der Waals surface area (Å²) < 4.78 is 53.2. The molecule has 4 rings (SSSR count). The van der Waals surface area contributed by atoms with Gasteiger partial charge in [-0.25, -0.2) is 0 Å². The summed E-state index contributed by atoms with van der Waals surface area (Å²) in [6, 6.07) is 20.5. The SMILES string of the molecule is COc1ccccc1P(c1ccccc1-c1c(OC)cccc1OC)C1(S(=O)(=O)O)C=CC=CC1C. The highest BCUT2D eigenvalue weighted by atomic mass is 32.2. The summed E-state index contributed by atoms with van der Waals surface area (Å²) in [5.41, 5.74) is 1.45. The second-order valence-corrected chi connectivity index (χ2v) is 12.6. The van der Waals surface area contributed by atoms with Crippen molar-refractivity contribution in [1.29, 1.82) is 0 Å². The van der Waals surface area contributed by atoms with Crippen LogP contribution in [0.2, 0.25) is 0 Å². The van der Waals surface area contributed by atoms with Gasteiger partial charge in [-0.2, -0.15) is 8.42 Å². The molecule has 0 spiro atoms. The Hall–Kier alpha value is -3.12. The number of rotatable bonds is 8. The van der Waals surface area contributed by atoms with E-state index in [0.29, 0.717) is 28.1 Å². The standard InChI is InChI=1S/C28H29O6PS/c1-20-12-9-10-19-28(20,36(29,30)31)35(26-18-8-6-14-22(26)32-2)25-17-7-5-13-21(25)27-23(33-3)15-11-16-24(27)34-4/h5-20H,1-4H3,(H,29,30,31). The van der Waals surface area contributed by atoms with Gasteiger partial charge in [0.05, 0.1) is 26.9 Å². The second-order valence-electron chi connectivity index (χ2n) is 8.32. The molecule has 0 fully saturated rings. The maximum absolute atomic E-state index is 13.4. The molecular formula is C28H29O6PS. The zero-order valence-corrected chi connectivity index (χ0v) is 22.3. The molecule has 0 bridgehead atoms. The number of hydrogen-bond donors (Lipinski definition) is 1. The van der Waals surface area contributed by atoms with E-state index in [4.69, 9.17) is 14.2 Å². The number of methoxy groups -OCH3 is 3. The Morgan fingerprint density at radius 3 is 1.92 bits per heavy atom. The van der Waals surface area contributed by atoms with Gasteiger partial charge in [-0.3, -0.25) is 4.55 Å². The predicted molar refractivity (Wildman–Crippen MR) is 146 cm³/mol. The minimum absolute atomic E-state index is 0.527. The molecule has 3 unspecified atom stereocenters. The van der Waals surface area contributed by atoms with Crippen LogP contribution in [0.5, 0.6) is 17.2 Å². The first-order chi connectivity index (χ1) is 17.3. The lowest BCUT2D eigenvalue weighted by atomic mass is 10.0. The third-order valence-electron chi connectivity index (χ3n) is 6.43. The molecule has 1 aliphatic carbocycles. The lowest BCUT2D eigenvalue weighted by molar-refractivity contribution is 0.397. The molecular weight excluding hydrogens is 495 g/mol. The van der Waals surface area contributed by atoms with Crippen LogP contribution >= 0.6 is 7.92 Å². The first-order valence-corrected chi connectivity index (χ1v) is 14.1. The van der Waals surface area contributed by atoms with Crippen LogP contribution < -0.4 is 24.8 Å². The van der Waals surface area contributed by atoms with Gasteiger partial charge in [0.2, 0.25) is 0 Å². The molecule has 3 aromatic carbocycles. The lowest BCUT2D eigenvalue weighted by Gasteiger charge is -2.42. The molecule has 0 heterocycles. The van der Waals surface area contributed by atoms with Gasteiger partial charge in [-0.05, 0) is 37.0 Å². The molecule has 0 aliphatic heterocycles. The fourth-order valence-corrected chi connectivity index (χ4v) is 10.1. The van der Waals surface area contributed by atoms with E-state index in [-0.39, 0.29) is 0 Å². The number of benzene rings is 3. The van der Waals surface area contributed by atoms with Crippen LogP contribution in [0, 0.1) is 5.92 Å². The zero-order chi connectivity index (χ0) is 25.9. The van der Waals surface area contributed by atoms with E-state index >= 15 is 0 Å². The topological polar surface area (TPSA) is 82.1 Å².